The molecule has 0 saturated heterocycles. The highest BCUT2D eigenvalue weighted by molar-refractivity contribution is 7.96. The Labute approximate surface area is 73.1 Å². The van der Waals surface area contributed by atoms with E-state index < -0.39 is 11.2 Å². The van der Waals surface area contributed by atoms with Crippen molar-refractivity contribution >= 4 is 23.6 Å². The zero-order chi connectivity index (χ0) is 9.14. The minimum absolute atomic E-state index is 0.0981. The lowest BCUT2D eigenvalue weighted by molar-refractivity contribution is -0.432. The lowest BCUT2D eigenvalue weighted by atomic mass is 10.1. The summed E-state index contributed by atoms with van der Waals surface area (Å²) in [7, 11) is 0. The third-order valence-corrected chi connectivity index (χ3v) is 2.57. The van der Waals surface area contributed by atoms with Gasteiger partial charge in [0.15, 0.2) is 5.78 Å². The topological polar surface area (TPSA) is 72.8 Å². The first-order chi connectivity index (χ1) is 5.66. The molecule has 1 saturated carbocycles. The minimum atomic E-state index is -0.551. The highest BCUT2D eigenvalue weighted by Crippen LogP contribution is 2.28. The number of rotatable bonds is 3. The smallest absolute Gasteiger partial charge is 0.158 e. The molecule has 0 aromatic rings. The standard InChI is InChI=1S/C6H8O5S/c1-3-4(7)2-5(6(3)8)12-11-10-9/h3,5,9H,2H2,1H3. The maximum Gasteiger partial charge on any atom is 0.158 e. The molecule has 0 aliphatic heterocycles. The van der Waals surface area contributed by atoms with Crippen molar-refractivity contribution in [1.82, 2.24) is 0 Å². The van der Waals surface area contributed by atoms with Gasteiger partial charge in [-0.1, -0.05) is 5.04 Å². The van der Waals surface area contributed by atoms with Crippen molar-refractivity contribution in [1.29, 1.82) is 0 Å². The van der Waals surface area contributed by atoms with E-state index in [-0.39, 0.29) is 18.0 Å². The van der Waals surface area contributed by atoms with Gasteiger partial charge in [0.1, 0.15) is 11.0 Å². The first-order valence-electron chi connectivity index (χ1n) is 3.37. The summed E-state index contributed by atoms with van der Waals surface area (Å²) in [5, 5.41) is 10.6. The molecular weight excluding hydrogens is 184 g/mol. The van der Waals surface area contributed by atoms with Crippen LogP contribution in [0.1, 0.15) is 13.3 Å². The van der Waals surface area contributed by atoms with Crippen molar-refractivity contribution in [3.63, 3.8) is 0 Å². The van der Waals surface area contributed by atoms with Gasteiger partial charge < -0.3 is 0 Å². The molecule has 2 unspecified atom stereocenters. The Morgan fingerprint density at radius 3 is 2.67 bits per heavy atom. The lowest BCUT2D eigenvalue weighted by Crippen LogP contribution is -2.15. The quantitative estimate of drug-likeness (QED) is 0.305. The second-order valence-electron chi connectivity index (χ2n) is 2.52. The van der Waals surface area contributed by atoms with Gasteiger partial charge in [0, 0.05) is 18.5 Å². The fourth-order valence-corrected chi connectivity index (χ4v) is 1.71. The molecule has 12 heavy (non-hydrogen) atoms. The molecule has 0 aromatic heterocycles. The molecule has 0 radical (unpaired) electrons. The Balaban J connectivity index is 2.47. The van der Waals surface area contributed by atoms with Gasteiger partial charge in [-0.2, -0.15) is 0 Å². The van der Waals surface area contributed by atoms with Crippen LogP contribution in [0, 0.1) is 5.92 Å². The van der Waals surface area contributed by atoms with Crippen LogP contribution in [0.15, 0.2) is 0 Å². The van der Waals surface area contributed by atoms with E-state index in [1.165, 1.54) is 0 Å². The van der Waals surface area contributed by atoms with E-state index in [1.807, 2.05) is 0 Å². The molecule has 1 fully saturated rings. The summed E-state index contributed by atoms with van der Waals surface area (Å²) in [6.07, 6.45) is 0.147. The van der Waals surface area contributed by atoms with Crippen molar-refractivity contribution in [2.45, 2.75) is 18.6 Å². The summed E-state index contributed by atoms with van der Waals surface area (Å²) >= 11 is 0.657. The Hall–Kier alpha value is -0.430. The molecule has 0 bridgehead atoms. The van der Waals surface area contributed by atoms with Crippen LogP contribution in [0.5, 0.6) is 0 Å². The Bertz CT molecular complexity index is 204. The van der Waals surface area contributed by atoms with Gasteiger partial charge in [-0.15, -0.1) is 4.33 Å². The molecular formula is C6H8O5S. The van der Waals surface area contributed by atoms with Crippen LogP contribution in [0.2, 0.25) is 0 Å². The van der Waals surface area contributed by atoms with E-state index >= 15 is 0 Å². The number of carbonyl (C=O) groups is 2. The zero-order valence-corrected chi connectivity index (χ0v) is 7.17. The van der Waals surface area contributed by atoms with Crippen molar-refractivity contribution in [2.24, 2.45) is 5.92 Å². The van der Waals surface area contributed by atoms with E-state index in [4.69, 9.17) is 5.26 Å². The van der Waals surface area contributed by atoms with Crippen molar-refractivity contribution in [3.8, 4) is 0 Å². The van der Waals surface area contributed by atoms with E-state index in [0.717, 1.165) is 0 Å². The predicted molar refractivity (Wildman–Crippen MR) is 40.0 cm³/mol. The van der Waals surface area contributed by atoms with Gasteiger partial charge in [0.25, 0.3) is 0 Å². The minimum Gasteiger partial charge on any atom is -0.299 e. The number of carbonyl (C=O) groups excluding carboxylic acids is 2. The van der Waals surface area contributed by atoms with Gasteiger partial charge in [0.2, 0.25) is 0 Å². The molecule has 0 amide bonds. The van der Waals surface area contributed by atoms with Crippen LogP contribution >= 0.6 is 12.0 Å². The molecule has 0 heterocycles. The summed E-state index contributed by atoms with van der Waals surface area (Å²) in [4.78, 5) is 22.1. The third kappa shape index (κ3) is 1.84. The average Bonchev–Trinajstić information content (AvgIpc) is 2.30. The Morgan fingerprint density at radius 2 is 2.25 bits per heavy atom. The number of hydrogen-bond donors (Lipinski definition) is 1. The highest BCUT2D eigenvalue weighted by Gasteiger charge is 2.39. The summed E-state index contributed by atoms with van der Waals surface area (Å²) in [6, 6.07) is 0. The van der Waals surface area contributed by atoms with Gasteiger partial charge >= 0.3 is 0 Å². The van der Waals surface area contributed by atoms with Crippen molar-refractivity contribution < 1.29 is 24.2 Å². The molecule has 1 rings (SSSR count). The SMILES string of the molecule is CC1C(=O)CC(SOOO)C1=O. The number of Topliss-reactive ketones (excluding diaryl/α,β-unsaturated/α-hetero) is 2. The van der Waals surface area contributed by atoms with E-state index in [9.17, 15) is 9.59 Å². The normalized spacial score (nSPS) is 29.8. The van der Waals surface area contributed by atoms with E-state index in [0.29, 0.717) is 12.0 Å². The molecule has 1 aliphatic carbocycles. The molecule has 0 aromatic carbocycles. The van der Waals surface area contributed by atoms with Crippen LogP contribution in [0.4, 0.5) is 0 Å². The summed E-state index contributed by atoms with van der Waals surface area (Å²) in [5.74, 6) is -0.828. The van der Waals surface area contributed by atoms with Crippen LogP contribution in [0.25, 0.3) is 0 Å². The van der Waals surface area contributed by atoms with Gasteiger partial charge in [-0.3, -0.25) is 9.59 Å². The average molecular weight is 192 g/mol. The van der Waals surface area contributed by atoms with Crippen molar-refractivity contribution in [2.75, 3.05) is 0 Å². The molecule has 1 aliphatic rings. The molecule has 0 spiro atoms. The van der Waals surface area contributed by atoms with Crippen LogP contribution < -0.4 is 0 Å². The molecule has 2 atom stereocenters. The van der Waals surface area contributed by atoms with Crippen LogP contribution in [-0.4, -0.2) is 22.1 Å². The summed E-state index contributed by atoms with van der Waals surface area (Å²) in [5.41, 5.74) is 0. The number of hydrogen-bond acceptors (Lipinski definition) is 6. The van der Waals surface area contributed by atoms with Gasteiger partial charge in [-0.25, -0.2) is 5.26 Å². The molecule has 5 nitrogen and oxygen atoms in total. The highest BCUT2D eigenvalue weighted by atomic mass is 32.2. The van der Waals surface area contributed by atoms with Crippen LogP contribution in [-0.2, 0) is 19.0 Å². The maximum absolute atomic E-state index is 11.2. The zero-order valence-electron chi connectivity index (χ0n) is 6.35. The first kappa shape index (κ1) is 9.66. The van der Waals surface area contributed by atoms with Crippen molar-refractivity contribution in [3.05, 3.63) is 0 Å². The van der Waals surface area contributed by atoms with E-state index in [2.05, 4.69) is 9.37 Å². The fraction of sp³-hybridized carbons (Fsp3) is 0.667. The summed E-state index contributed by atoms with van der Waals surface area (Å²) in [6.45, 7) is 1.56. The Kier molecular flexibility index (Phi) is 3.21. The van der Waals surface area contributed by atoms with Gasteiger partial charge in [0.05, 0.1) is 5.92 Å². The molecule has 1 N–H and O–H groups in total. The fourth-order valence-electron chi connectivity index (χ4n) is 1.04. The Morgan fingerprint density at radius 1 is 1.58 bits per heavy atom. The molecule has 6 heteroatoms. The molecule has 68 valence electrons. The van der Waals surface area contributed by atoms with Crippen LogP contribution in [0.3, 0.4) is 0 Å². The monoisotopic (exact) mass is 192 g/mol. The summed E-state index contributed by atoms with van der Waals surface area (Å²) < 4.78 is 4.08. The van der Waals surface area contributed by atoms with Gasteiger partial charge in [-0.05, 0) is 6.92 Å². The number of ketones is 2. The predicted octanol–water partition coefficient (Wildman–Crippen LogP) is 0.602. The van der Waals surface area contributed by atoms with E-state index in [1.54, 1.807) is 6.92 Å². The largest absolute Gasteiger partial charge is 0.299 e. The first-order valence-corrected chi connectivity index (χ1v) is 4.17. The second-order valence-corrected chi connectivity index (χ2v) is 3.42. The lowest BCUT2D eigenvalue weighted by Gasteiger charge is -2.01. The maximum atomic E-state index is 11.2. The third-order valence-electron chi connectivity index (χ3n) is 1.80. The second kappa shape index (κ2) is 3.99.